The fourth-order valence-corrected chi connectivity index (χ4v) is 4.00. The molecule has 0 aliphatic carbocycles. The Balaban J connectivity index is 2.22. The molecule has 2 rings (SSSR count). The zero-order valence-electron chi connectivity index (χ0n) is 16.5. The molecule has 0 saturated carbocycles. The van der Waals surface area contributed by atoms with Crippen LogP contribution in [0.4, 0.5) is 0 Å². The summed E-state index contributed by atoms with van der Waals surface area (Å²) in [4.78, 5) is 12.3. The molecule has 10 heteroatoms. The molecule has 0 bridgehead atoms. The summed E-state index contributed by atoms with van der Waals surface area (Å²) in [6.07, 6.45) is 3.83. The van der Waals surface area contributed by atoms with E-state index in [2.05, 4.69) is 15.4 Å². The Bertz CT molecular complexity index is 943. The Hall–Kier alpha value is -2.59. The highest BCUT2D eigenvalue weighted by Gasteiger charge is 2.22. The lowest BCUT2D eigenvalue weighted by molar-refractivity contribution is -0.121. The number of benzene rings is 1. The van der Waals surface area contributed by atoms with Crippen LogP contribution < -0.4 is 20.1 Å². The van der Waals surface area contributed by atoms with Gasteiger partial charge in [-0.25, -0.2) is 8.42 Å². The number of rotatable bonds is 9. The number of ether oxygens (including phenoxy) is 1. The van der Waals surface area contributed by atoms with E-state index in [4.69, 9.17) is 21.4 Å². The zero-order chi connectivity index (χ0) is 21.4. The van der Waals surface area contributed by atoms with E-state index in [0.29, 0.717) is 12.2 Å². The number of thiocarbonyl (C=S) groups is 1. The van der Waals surface area contributed by atoms with Crippen LogP contribution in [0.2, 0.25) is 0 Å². The highest BCUT2D eigenvalue weighted by Crippen LogP contribution is 2.26. The quantitative estimate of drug-likeness (QED) is 0.514. The summed E-state index contributed by atoms with van der Waals surface area (Å²) in [6, 6.07) is 6.18. The number of carbonyl (C=O) groups excluding carboxylic acids is 1. The highest BCUT2D eigenvalue weighted by molar-refractivity contribution is 7.92. The average Bonchev–Trinajstić information content (AvgIpc) is 3.21. The first-order chi connectivity index (χ1) is 13.8. The van der Waals surface area contributed by atoms with E-state index < -0.39 is 10.0 Å². The third-order valence-electron chi connectivity index (χ3n) is 4.00. The van der Waals surface area contributed by atoms with Crippen LogP contribution in [0, 0.1) is 0 Å². The van der Waals surface area contributed by atoms with Crippen LogP contribution in [0.25, 0.3) is 0 Å². The van der Waals surface area contributed by atoms with Gasteiger partial charge in [0, 0.05) is 12.6 Å². The fourth-order valence-electron chi connectivity index (χ4n) is 2.51. The molecule has 1 amide bonds. The molecule has 29 heavy (non-hydrogen) atoms. The second kappa shape index (κ2) is 10.3. The van der Waals surface area contributed by atoms with E-state index in [1.165, 1.54) is 19.4 Å². The lowest BCUT2D eigenvalue weighted by Gasteiger charge is -2.15. The third kappa shape index (κ3) is 6.47. The van der Waals surface area contributed by atoms with Crippen molar-refractivity contribution < 1.29 is 22.4 Å². The van der Waals surface area contributed by atoms with Gasteiger partial charge < -0.3 is 19.8 Å². The van der Waals surface area contributed by atoms with Gasteiger partial charge in [0.05, 0.1) is 31.6 Å². The van der Waals surface area contributed by atoms with E-state index in [1.54, 1.807) is 24.5 Å². The van der Waals surface area contributed by atoms with Gasteiger partial charge in [0.15, 0.2) is 5.11 Å². The number of sulfonamides is 1. The molecule has 0 aliphatic rings. The van der Waals surface area contributed by atoms with Crippen LogP contribution in [0.5, 0.6) is 5.75 Å². The minimum Gasteiger partial charge on any atom is -0.492 e. The van der Waals surface area contributed by atoms with Gasteiger partial charge in [-0.3, -0.25) is 9.52 Å². The molecule has 0 radical (unpaired) electrons. The highest BCUT2D eigenvalue weighted by atomic mass is 32.2. The minimum atomic E-state index is -3.97. The van der Waals surface area contributed by atoms with Crippen LogP contribution >= 0.6 is 12.2 Å². The Morgan fingerprint density at radius 3 is 2.69 bits per heavy atom. The van der Waals surface area contributed by atoms with E-state index in [1.807, 2.05) is 13.8 Å². The van der Waals surface area contributed by atoms with Crippen LogP contribution in [-0.2, 0) is 21.2 Å². The standard InChI is InChI=1S/C19H25N3O5S2/c1-4-8-27-16-6-5-14(10-17(16)29(24,25)22-19(28)20-3)11-18(23)21-13(2)15-7-9-26-12-15/h5-7,9-10,12-13H,4,8,11H2,1-3H3,(H,21,23)(H2,20,22,28). The normalized spacial score (nSPS) is 12.1. The summed E-state index contributed by atoms with van der Waals surface area (Å²) in [5, 5.41) is 5.38. The van der Waals surface area contributed by atoms with Crippen molar-refractivity contribution in [3.05, 3.63) is 47.9 Å². The second-order valence-corrected chi connectivity index (χ2v) is 8.40. The molecule has 2 aromatic rings. The van der Waals surface area contributed by atoms with Gasteiger partial charge in [-0.15, -0.1) is 0 Å². The van der Waals surface area contributed by atoms with Crippen molar-refractivity contribution in [1.29, 1.82) is 0 Å². The Morgan fingerprint density at radius 1 is 1.31 bits per heavy atom. The van der Waals surface area contributed by atoms with Crippen molar-refractivity contribution >= 4 is 33.3 Å². The van der Waals surface area contributed by atoms with E-state index in [0.717, 1.165) is 12.0 Å². The lowest BCUT2D eigenvalue weighted by atomic mass is 10.1. The van der Waals surface area contributed by atoms with Gasteiger partial charge in [0.25, 0.3) is 10.0 Å². The molecule has 8 nitrogen and oxygen atoms in total. The maximum Gasteiger partial charge on any atom is 0.267 e. The summed E-state index contributed by atoms with van der Waals surface area (Å²) in [7, 11) is -2.46. The number of amides is 1. The van der Waals surface area contributed by atoms with E-state index in [-0.39, 0.29) is 34.1 Å². The van der Waals surface area contributed by atoms with Crippen molar-refractivity contribution in [3.63, 3.8) is 0 Å². The number of nitrogens with one attached hydrogen (secondary N) is 3. The molecule has 158 valence electrons. The van der Waals surface area contributed by atoms with Gasteiger partial charge in [-0.05, 0) is 49.3 Å². The van der Waals surface area contributed by atoms with Crippen LogP contribution in [0.15, 0.2) is 46.1 Å². The number of carbonyl (C=O) groups is 1. The lowest BCUT2D eigenvalue weighted by Crippen LogP contribution is -2.37. The van der Waals surface area contributed by atoms with Crippen molar-refractivity contribution in [2.24, 2.45) is 0 Å². The van der Waals surface area contributed by atoms with Crippen LogP contribution in [-0.4, -0.2) is 33.1 Å². The summed E-state index contributed by atoms with van der Waals surface area (Å²) in [6.45, 7) is 4.12. The van der Waals surface area contributed by atoms with Gasteiger partial charge in [0.1, 0.15) is 10.6 Å². The van der Waals surface area contributed by atoms with Crippen molar-refractivity contribution in [2.45, 2.75) is 37.6 Å². The first kappa shape index (κ1) is 22.7. The Labute approximate surface area is 176 Å². The molecular formula is C19H25N3O5S2. The van der Waals surface area contributed by atoms with Gasteiger partial charge in [-0.2, -0.15) is 0 Å². The van der Waals surface area contributed by atoms with Gasteiger partial charge in [0.2, 0.25) is 5.91 Å². The predicted molar refractivity (Wildman–Crippen MR) is 113 cm³/mol. The first-order valence-electron chi connectivity index (χ1n) is 9.08. The smallest absolute Gasteiger partial charge is 0.267 e. The molecular weight excluding hydrogens is 414 g/mol. The molecule has 1 atom stereocenters. The Morgan fingerprint density at radius 2 is 2.07 bits per heavy atom. The third-order valence-corrected chi connectivity index (χ3v) is 5.81. The molecule has 1 heterocycles. The summed E-state index contributed by atoms with van der Waals surface area (Å²) in [5.41, 5.74) is 1.37. The maximum absolute atomic E-state index is 12.7. The predicted octanol–water partition coefficient (Wildman–Crippen LogP) is 2.27. The van der Waals surface area contributed by atoms with Gasteiger partial charge in [-0.1, -0.05) is 13.0 Å². The topological polar surface area (TPSA) is 110 Å². The second-order valence-electron chi connectivity index (χ2n) is 6.34. The summed E-state index contributed by atoms with van der Waals surface area (Å²) < 4.78 is 38.3. The van der Waals surface area contributed by atoms with Crippen molar-refractivity contribution in [3.8, 4) is 5.75 Å². The molecule has 1 aromatic heterocycles. The SMILES string of the molecule is CCCOc1ccc(CC(=O)NC(C)c2ccoc2)cc1S(=O)(=O)NC(=S)NC. The fraction of sp³-hybridized carbons (Fsp3) is 0.368. The average molecular weight is 440 g/mol. The zero-order valence-corrected chi connectivity index (χ0v) is 18.2. The number of furan rings is 1. The molecule has 0 aliphatic heterocycles. The summed E-state index contributed by atoms with van der Waals surface area (Å²) >= 11 is 4.91. The minimum absolute atomic E-state index is 0.00917. The molecule has 0 saturated heterocycles. The molecule has 3 N–H and O–H groups in total. The molecule has 1 unspecified atom stereocenters. The van der Waals surface area contributed by atoms with Crippen molar-refractivity contribution in [1.82, 2.24) is 15.4 Å². The number of hydrogen-bond acceptors (Lipinski definition) is 6. The number of hydrogen-bond donors (Lipinski definition) is 3. The Kier molecular flexibility index (Phi) is 8.03. The van der Waals surface area contributed by atoms with Crippen LogP contribution in [0.3, 0.4) is 0 Å². The van der Waals surface area contributed by atoms with Crippen molar-refractivity contribution in [2.75, 3.05) is 13.7 Å². The van der Waals surface area contributed by atoms with Crippen LogP contribution in [0.1, 0.15) is 37.4 Å². The summed E-state index contributed by atoms with van der Waals surface area (Å²) in [5.74, 6) is -0.0443. The first-order valence-corrected chi connectivity index (χ1v) is 11.0. The molecule has 0 spiro atoms. The van der Waals surface area contributed by atoms with Gasteiger partial charge >= 0.3 is 0 Å². The molecule has 1 aromatic carbocycles. The molecule has 0 fully saturated rings. The van der Waals surface area contributed by atoms with E-state index >= 15 is 0 Å². The largest absolute Gasteiger partial charge is 0.492 e. The maximum atomic E-state index is 12.7. The van der Waals surface area contributed by atoms with E-state index in [9.17, 15) is 13.2 Å². The monoisotopic (exact) mass is 439 g/mol.